The van der Waals surface area contributed by atoms with Crippen LogP contribution in [-0.4, -0.2) is 38.6 Å². The summed E-state index contributed by atoms with van der Waals surface area (Å²) in [5.41, 5.74) is -0.206. The number of halogens is 1. The molecule has 0 fully saturated rings. The summed E-state index contributed by atoms with van der Waals surface area (Å²) in [4.78, 5) is 13.9. The van der Waals surface area contributed by atoms with Crippen LogP contribution in [-0.2, 0) is 0 Å². The summed E-state index contributed by atoms with van der Waals surface area (Å²) in [6.07, 6.45) is 0.365. The molecule has 0 bridgehead atoms. The Bertz CT molecular complexity index is 390. The van der Waals surface area contributed by atoms with Crippen LogP contribution in [0.5, 0.6) is 0 Å². The molecule has 16 heavy (non-hydrogen) atoms. The minimum absolute atomic E-state index is 0.131. The standard InChI is InChI=1S/C8H9ClN2O4S/c9-5-1-7(11(14)15)8(10-2-5)16-4-6(13)3-12/h1-2,6,12-13H,3-4H2. The van der Waals surface area contributed by atoms with Crippen LogP contribution < -0.4 is 0 Å². The fraction of sp³-hybridized carbons (Fsp3) is 0.375. The minimum Gasteiger partial charge on any atom is -0.394 e. The fourth-order valence-electron chi connectivity index (χ4n) is 0.886. The molecular weight excluding hydrogens is 256 g/mol. The molecule has 0 spiro atoms. The van der Waals surface area contributed by atoms with Gasteiger partial charge in [0.15, 0.2) is 5.03 Å². The SMILES string of the molecule is O=[N+]([O-])c1cc(Cl)cnc1SCC(O)CO. The summed E-state index contributed by atoms with van der Waals surface area (Å²) in [5, 5.41) is 28.7. The van der Waals surface area contributed by atoms with Gasteiger partial charge < -0.3 is 10.2 Å². The predicted molar refractivity (Wildman–Crippen MR) is 59.7 cm³/mol. The van der Waals surface area contributed by atoms with E-state index >= 15 is 0 Å². The van der Waals surface area contributed by atoms with Crippen LogP contribution in [0, 0.1) is 10.1 Å². The Kier molecular flexibility index (Phi) is 4.94. The molecule has 0 amide bonds. The van der Waals surface area contributed by atoms with Gasteiger partial charge in [-0.15, -0.1) is 0 Å². The number of thioether (sulfide) groups is 1. The lowest BCUT2D eigenvalue weighted by molar-refractivity contribution is -0.388. The molecule has 1 aromatic rings. The molecule has 0 saturated carbocycles. The van der Waals surface area contributed by atoms with Gasteiger partial charge in [0.25, 0.3) is 0 Å². The summed E-state index contributed by atoms with van der Waals surface area (Å²) in [6, 6.07) is 1.20. The number of aliphatic hydroxyl groups is 2. The number of hydrogen-bond donors (Lipinski definition) is 2. The van der Waals surface area contributed by atoms with Gasteiger partial charge in [-0.2, -0.15) is 0 Å². The normalized spacial score (nSPS) is 12.4. The van der Waals surface area contributed by atoms with Gasteiger partial charge in [-0.3, -0.25) is 10.1 Å². The highest BCUT2D eigenvalue weighted by molar-refractivity contribution is 7.99. The third-order valence-electron chi connectivity index (χ3n) is 1.62. The number of hydrogen-bond acceptors (Lipinski definition) is 6. The van der Waals surface area contributed by atoms with Crippen molar-refractivity contribution in [2.75, 3.05) is 12.4 Å². The zero-order valence-corrected chi connectivity index (χ0v) is 9.61. The zero-order chi connectivity index (χ0) is 12.1. The zero-order valence-electron chi connectivity index (χ0n) is 8.04. The number of pyridine rings is 1. The van der Waals surface area contributed by atoms with E-state index in [1.807, 2.05) is 0 Å². The first-order chi connectivity index (χ1) is 7.54. The first-order valence-electron chi connectivity index (χ1n) is 4.26. The largest absolute Gasteiger partial charge is 0.394 e. The molecule has 1 unspecified atom stereocenters. The quantitative estimate of drug-likeness (QED) is 0.469. The Morgan fingerprint density at radius 1 is 1.69 bits per heavy atom. The maximum atomic E-state index is 10.7. The van der Waals surface area contributed by atoms with Gasteiger partial charge in [0, 0.05) is 18.0 Å². The van der Waals surface area contributed by atoms with E-state index < -0.39 is 17.6 Å². The molecule has 0 radical (unpaired) electrons. The molecule has 6 nitrogen and oxygen atoms in total. The van der Waals surface area contributed by atoms with Gasteiger partial charge in [0.2, 0.25) is 0 Å². The number of rotatable bonds is 5. The Morgan fingerprint density at radius 2 is 2.38 bits per heavy atom. The maximum Gasteiger partial charge on any atom is 0.302 e. The molecule has 88 valence electrons. The fourth-order valence-corrected chi connectivity index (χ4v) is 1.90. The van der Waals surface area contributed by atoms with E-state index in [0.29, 0.717) is 0 Å². The maximum absolute atomic E-state index is 10.7. The second kappa shape index (κ2) is 6.00. The van der Waals surface area contributed by atoms with Crippen molar-refractivity contribution in [3.63, 3.8) is 0 Å². The van der Waals surface area contributed by atoms with E-state index in [-0.39, 0.29) is 21.5 Å². The highest BCUT2D eigenvalue weighted by atomic mass is 35.5. The average molecular weight is 265 g/mol. The van der Waals surface area contributed by atoms with E-state index in [4.69, 9.17) is 21.8 Å². The summed E-state index contributed by atoms with van der Waals surface area (Å²) in [7, 11) is 0. The molecule has 1 aromatic heterocycles. The lowest BCUT2D eigenvalue weighted by Crippen LogP contribution is -2.14. The van der Waals surface area contributed by atoms with Crippen LogP contribution in [0.1, 0.15) is 0 Å². The van der Waals surface area contributed by atoms with E-state index in [9.17, 15) is 10.1 Å². The third kappa shape index (κ3) is 3.60. The average Bonchev–Trinajstić information content (AvgIpc) is 2.26. The van der Waals surface area contributed by atoms with Crippen molar-refractivity contribution in [2.45, 2.75) is 11.1 Å². The number of aromatic nitrogens is 1. The van der Waals surface area contributed by atoms with Crippen molar-refractivity contribution in [1.82, 2.24) is 4.98 Å². The number of nitro groups is 1. The van der Waals surface area contributed by atoms with Crippen LogP contribution in [0.15, 0.2) is 17.3 Å². The molecule has 0 aliphatic carbocycles. The van der Waals surface area contributed by atoms with Crippen molar-refractivity contribution in [2.24, 2.45) is 0 Å². The monoisotopic (exact) mass is 264 g/mol. The van der Waals surface area contributed by atoms with Gasteiger partial charge >= 0.3 is 5.69 Å². The van der Waals surface area contributed by atoms with Gasteiger partial charge in [-0.1, -0.05) is 23.4 Å². The van der Waals surface area contributed by atoms with Gasteiger partial charge in [0.05, 0.1) is 22.7 Å². The second-order valence-corrected chi connectivity index (χ2v) is 4.33. The Hall–Kier alpha value is -0.890. The molecule has 1 heterocycles. The molecule has 2 N–H and O–H groups in total. The number of nitrogens with zero attached hydrogens (tertiary/aromatic N) is 2. The lowest BCUT2D eigenvalue weighted by Gasteiger charge is -2.06. The Labute approximate surface area is 100 Å². The molecule has 1 atom stereocenters. The van der Waals surface area contributed by atoms with Crippen molar-refractivity contribution in [3.8, 4) is 0 Å². The van der Waals surface area contributed by atoms with Crippen molar-refractivity contribution in [3.05, 3.63) is 27.4 Å². The smallest absolute Gasteiger partial charge is 0.302 e. The van der Waals surface area contributed by atoms with Crippen molar-refractivity contribution in [1.29, 1.82) is 0 Å². The first kappa shape index (κ1) is 13.2. The molecule has 0 aliphatic rings. The first-order valence-corrected chi connectivity index (χ1v) is 5.62. The second-order valence-electron chi connectivity index (χ2n) is 2.88. The number of aliphatic hydroxyl groups excluding tert-OH is 2. The minimum atomic E-state index is -0.929. The van der Waals surface area contributed by atoms with E-state index in [1.165, 1.54) is 12.3 Å². The van der Waals surface area contributed by atoms with Gasteiger partial charge in [-0.05, 0) is 0 Å². The molecular formula is C8H9ClN2O4S. The topological polar surface area (TPSA) is 96.5 Å². The highest BCUT2D eigenvalue weighted by Gasteiger charge is 2.17. The molecule has 0 saturated heterocycles. The summed E-state index contributed by atoms with van der Waals surface area (Å²) in [5.74, 6) is 0.131. The van der Waals surface area contributed by atoms with Crippen LogP contribution in [0.3, 0.4) is 0 Å². The van der Waals surface area contributed by atoms with Crippen molar-refractivity contribution < 1.29 is 15.1 Å². The third-order valence-corrected chi connectivity index (χ3v) is 2.96. The van der Waals surface area contributed by atoms with Crippen LogP contribution in [0.2, 0.25) is 5.02 Å². The molecule has 8 heteroatoms. The van der Waals surface area contributed by atoms with Crippen LogP contribution in [0.25, 0.3) is 0 Å². The highest BCUT2D eigenvalue weighted by Crippen LogP contribution is 2.29. The summed E-state index contributed by atoms with van der Waals surface area (Å²) in [6.45, 7) is -0.394. The summed E-state index contributed by atoms with van der Waals surface area (Å²) >= 11 is 6.58. The van der Waals surface area contributed by atoms with Crippen molar-refractivity contribution >= 4 is 29.1 Å². The Morgan fingerprint density at radius 3 is 2.94 bits per heavy atom. The lowest BCUT2D eigenvalue weighted by atomic mass is 10.4. The van der Waals surface area contributed by atoms with Gasteiger partial charge in [0.1, 0.15) is 0 Å². The van der Waals surface area contributed by atoms with Gasteiger partial charge in [-0.25, -0.2) is 4.98 Å². The summed E-state index contributed by atoms with van der Waals surface area (Å²) < 4.78 is 0. The molecule has 0 aliphatic heterocycles. The Balaban J connectivity index is 2.82. The molecule has 0 aromatic carbocycles. The van der Waals surface area contributed by atoms with Crippen LogP contribution in [0.4, 0.5) is 5.69 Å². The predicted octanol–water partition coefficient (Wildman–Crippen LogP) is 1.09. The van der Waals surface area contributed by atoms with E-state index in [2.05, 4.69) is 4.98 Å². The van der Waals surface area contributed by atoms with Crippen LogP contribution >= 0.6 is 23.4 Å². The van der Waals surface area contributed by atoms with E-state index in [0.717, 1.165) is 11.8 Å². The molecule has 1 rings (SSSR count). The van der Waals surface area contributed by atoms with E-state index in [1.54, 1.807) is 0 Å².